The van der Waals surface area contributed by atoms with E-state index in [1.807, 2.05) is 26.0 Å². The van der Waals surface area contributed by atoms with E-state index < -0.39 is 0 Å². The van der Waals surface area contributed by atoms with Gasteiger partial charge in [0.15, 0.2) is 0 Å². The molecule has 0 atom stereocenters. The zero-order valence-electron chi connectivity index (χ0n) is 10.8. The van der Waals surface area contributed by atoms with E-state index in [2.05, 4.69) is 42.5 Å². The van der Waals surface area contributed by atoms with Crippen molar-refractivity contribution < 1.29 is 9.53 Å². The lowest BCUT2D eigenvalue weighted by Crippen LogP contribution is -2.59. The van der Waals surface area contributed by atoms with Crippen molar-refractivity contribution in [3.63, 3.8) is 0 Å². The molecule has 0 unspecified atom stereocenters. The van der Waals surface area contributed by atoms with Gasteiger partial charge >= 0.3 is 0 Å². The predicted octanol–water partition coefficient (Wildman–Crippen LogP) is 2.84. The van der Waals surface area contributed by atoms with Gasteiger partial charge in [0.2, 0.25) is 5.91 Å². The van der Waals surface area contributed by atoms with Crippen LogP contribution < -0.4 is 10.6 Å². The first kappa shape index (κ1) is 15.0. The van der Waals surface area contributed by atoms with Crippen molar-refractivity contribution in [3.8, 4) is 0 Å². The number of anilines is 1. The first-order valence-electron chi connectivity index (χ1n) is 6.00. The average Bonchev–Trinajstić information content (AvgIpc) is 2.28. The second kappa shape index (κ2) is 5.91. The van der Waals surface area contributed by atoms with Crippen LogP contribution in [0.1, 0.15) is 12.5 Å². The Bertz CT molecular complexity index is 478. The van der Waals surface area contributed by atoms with Crippen LogP contribution >= 0.6 is 31.9 Å². The molecule has 6 heteroatoms. The first-order chi connectivity index (χ1) is 8.89. The van der Waals surface area contributed by atoms with Crippen molar-refractivity contribution >= 4 is 43.5 Å². The SMILES string of the molecule is Cc1cc(Br)c(NC(=O)COC2(C)CNC2)c(Br)c1. The Morgan fingerprint density at radius 2 is 2.00 bits per heavy atom. The van der Waals surface area contributed by atoms with Gasteiger partial charge < -0.3 is 15.4 Å². The van der Waals surface area contributed by atoms with Gasteiger partial charge in [0, 0.05) is 22.0 Å². The molecule has 4 nitrogen and oxygen atoms in total. The molecular formula is C13H16Br2N2O2. The molecular weight excluding hydrogens is 376 g/mol. The number of halogens is 2. The van der Waals surface area contributed by atoms with Gasteiger partial charge in [-0.3, -0.25) is 4.79 Å². The van der Waals surface area contributed by atoms with Gasteiger partial charge in [-0.25, -0.2) is 0 Å². The van der Waals surface area contributed by atoms with Crippen LogP contribution in [-0.2, 0) is 9.53 Å². The molecule has 1 aliphatic heterocycles. The number of aryl methyl sites for hydroxylation is 1. The van der Waals surface area contributed by atoms with Gasteiger partial charge in [0.05, 0.1) is 11.3 Å². The van der Waals surface area contributed by atoms with Gasteiger partial charge in [-0.05, 0) is 63.4 Å². The van der Waals surface area contributed by atoms with Crippen LogP contribution in [0, 0.1) is 6.92 Å². The van der Waals surface area contributed by atoms with Gasteiger partial charge in [-0.15, -0.1) is 0 Å². The van der Waals surface area contributed by atoms with Crippen LogP contribution in [0.3, 0.4) is 0 Å². The van der Waals surface area contributed by atoms with Crippen LogP contribution in [-0.4, -0.2) is 31.2 Å². The minimum absolute atomic E-state index is 0.0605. The van der Waals surface area contributed by atoms with Crippen LogP contribution in [0.25, 0.3) is 0 Å². The fourth-order valence-electron chi connectivity index (χ4n) is 1.81. The predicted molar refractivity (Wildman–Crippen MR) is 82.4 cm³/mol. The molecule has 1 heterocycles. The maximum absolute atomic E-state index is 11.9. The van der Waals surface area contributed by atoms with Crippen molar-refractivity contribution in [2.24, 2.45) is 0 Å². The van der Waals surface area contributed by atoms with Crippen LogP contribution in [0.15, 0.2) is 21.1 Å². The highest BCUT2D eigenvalue weighted by atomic mass is 79.9. The third-order valence-electron chi connectivity index (χ3n) is 3.00. The zero-order valence-corrected chi connectivity index (χ0v) is 14.0. The largest absolute Gasteiger partial charge is 0.363 e. The van der Waals surface area contributed by atoms with Crippen molar-refractivity contribution in [1.29, 1.82) is 0 Å². The number of hydrogen-bond donors (Lipinski definition) is 2. The molecule has 1 amide bonds. The Balaban J connectivity index is 1.95. The number of hydrogen-bond acceptors (Lipinski definition) is 3. The quantitative estimate of drug-likeness (QED) is 0.829. The van der Waals surface area contributed by atoms with E-state index >= 15 is 0 Å². The van der Waals surface area contributed by atoms with E-state index in [0.29, 0.717) is 0 Å². The molecule has 2 rings (SSSR count). The number of nitrogens with one attached hydrogen (secondary N) is 2. The van der Waals surface area contributed by atoms with Crippen molar-refractivity contribution in [1.82, 2.24) is 5.32 Å². The average molecular weight is 392 g/mol. The highest BCUT2D eigenvalue weighted by molar-refractivity contribution is 9.11. The molecule has 2 N–H and O–H groups in total. The number of amides is 1. The van der Waals surface area contributed by atoms with Gasteiger partial charge in [-0.1, -0.05) is 0 Å². The number of ether oxygens (including phenoxy) is 1. The zero-order chi connectivity index (χ0) is 14.0. The summed E-state index contributed by atoms with van der Waals surface area (Å²) >= 11 is 6.89. The summed E-state index contributed by atoms with van der Waals surface area (Å²) in [6.07, 6.45) is 0. The van der Waals surface area contributed by atoms with E-state index in [9.17, 15) is 4.79 Å². The third kappa shape index (κ3) is 3.78. The Morgan fingerprint density at radius 3 is 2.47 bits per heavy atom. The molecule has 1 aromatic carbocycles. The minimum atomic E-state index is -0.209. The molecule has 1 aromatic rings. The number of carbonyl (C=O) groups excluding carboxylic acids is 1. The van der Waals surface area contributed by atoms with E-state index in [0.717, 1.165) is 33.3 Å². The van der Waals surface area contributed by atoms with Gasteiger partial charge in [-0.2, -0.15) is 0 Å². The van der Waals surface area contributed by atoms with Crippen molar-refractivity contribution in [2.45, 2.75) is 19.4 Å². The Hall–Kier alpha value is -0.430. The summed E-state index contributed by atoms with van der Waals surface area (Å²) in [5.41, 5.74) is 1.64. The first-order valence-corrected chi connectivity index (χ1v) is 7.58. The molecule has 1 aliphatic rings. The number of carbonyl (C=O) groups is 1. The lowest BCUT2D eigenvalue weighted by Gasteiger charge is -2.38. The Kier molecular flexibility index (Phi) is 4.66. The molecule has 1 saturated heterocycles. The summed E-state index contributed by atoms with van der Waals surface area (Å²) < 4.78 is 7.30. The van der Waals surface area contributed by atoms with Gasteiger partial charge in [0.25, 0.3) is 0 Å². The highest BCUT2D eigenvalue weighted by Gasteiger charge is 2.33. The van der Waals surface area contributed by atoms with Crippen molar-refractivity contribution in [2.75, 3.05) is 25.0 Å². The Morgan fingerprint density at radius 1 is 1.42 bits per heavy atom. The van der Waals surface area contributed by atoms with Crippen LogP contribution in [0.4, 0.5) is 5.69 Å². The van der Waals surface area contributed by atoms with E-state index in [1.165, 1.54) is 0 Å². The van der Waals surface area contributed by atoms with Crippen LogP contribution in [0.2, 0.25) is 0 Å². The van der Waals surface area contributed by atoms with E-state index in [4.69, 9.17) is 4.74 Å². The maximum atomic E-state index is 11.9. The second-order valence-corrected chi connectivity index (χ2v) is 6.70. The molecule has 0 saturated carbocycles. The summed E-state index contributed by atoms with van der Waals surface area (Å²) in [7, 11) is 0. The highest BCUT2D eigenvalue weighted by Crippen LogP contribution is 2.32. The lowest BCUT2D eigenvalue weighted by atomic mass is 10.0. The summed E-state index contributed by atoms with van der Waals surface area (Å²) in [5.74, 6) is -0.154. The number of benzene rings is 1. The summed E-state index contributed by atoms with van der Waals surface area (Å²) in [6.45, 7) is 5.63. The second-order valence-electron chi connectivity index (χ2n) is 4.99. The van der Waals surface area contributed by atoms with E-state index in [1.54, 1.807) is 0 Å². The molecule has 0 aromatic heterocycles. The fraction of sp³-hybridized carbons (Fsp3) is 0.462. The molecule has 0 aliphatic carbocycles. The third-order valence-corrected chi connectivity index (χ3v) is 4.25. The summed E-state index contributed by atoms with van der Waals surface area (Å²) in [5, 5.41) is 5.98. The smallest absolute Gasteiger partial charge is 0.250 e. The fourth-order valence-corrected chi connectivity index (χ4v) is 3.43. The molecule has 0 spiro atoms. The lowest BCUT2D eigenvalue weighted by molar-refractivity contribution is -0.130. The molecule has 0 bridgehead atoms. The maximum Gasteiger partial charge on any atom is 0.250 e. The topological polar surface area (TPSA) is 50.4 Å². The minimum Gasteiger partial charge on any atom is -0.363 e. The standard InChI is InChI=1S/C13H16Br2N2O2/c1-8-3-9(14)12(10(15)4-8)17-11(18)5-19-13(2)6-16-7-13/h3-4,16H,5-7H2,1-2H3,(H,17,18). The molecule has 19 heavy (non-hydrogen) atoms. The van der Waals surface area contributed by atoms with Crippen LogP contribution in [0.5, 0.6) is 0 Å². The number of rotatable bonds is 4. The normalized spacial score (nSPS) is 16.8. The Labute approximate surface area is 129 Å². The molecule has 1 fully saturated rings. The van der Waals surface area contributed by atoms with Gasteiger partial charge in [0.1, 0.15) is 6.61 Å². The summed E-state index contributed by atoms with van der Waals surface area (Å²) in [4.78, 5) is 11.9. The monoisotopic (exact) mass is 390 g/mol. The molecule has 104 valence electrons. The van der Waals surface area contributed by atoms with E-state index in [-0.39, 0.29) is 18.1 Å². The molecule has 0 radical (unpaired) electrons. The summed E-state index contributed by atoms with van der Waals surface area (Å²) in [6, 6.07) is 3.91. The van der Waals surface area contributed by atoms with Crippen molar-refractivity contribution in [3.05, 3.63) is 26.6 Å².